The van der Waals surface area contributed by atoms with E-state index in [-0.39, 0.29) is 22.4 Å². The van der Waals surface area contributed by atoms with E-state index in [1.54, 1.807) is 17.4 Å². The lowest BCUT2D eigenvalue weighted by molar-refractivity contribution is -0.658. The van der Waals surface area contributed by atoms with Crippen LogP contribution in [0.15, 0.2) is 57.7 Å². The number of carbonyl (C=O) groups is 3. The first kappa shape index (κ1) is 24.9. The molecule has 0 aromatic carbocycles. The van der Waals surface area contributed by atoms with Crippen molar-refractivity contribution in [1.29, 1.82) is 0 Å². The number of allylic oxidation sites excluding steroid dienone is 2. The van der Waals surface area contributed by atoms with Gasteiger partial charge in [0.2, 0.25) is 11.5 Å². The van der Waals surface area contributed by atoms with E-state index in [2.05, 4.69) is 24.4 Å². The quantitative estimate of drug-likeness (QED) is 0.158. The monoisotopic (exact) mass is 558 g/mol. The number of hydrogen-bond donors (Lipinski definition) is 3. The van der Waals surface area contributed by atoms with Crippen molar-refractivity contribution in [3.05, 3.63) is 58.4 Å². The van der Waals surface area contributed by atoms with E-state index in [1.165, 1.54) is 23.8 Å². The molecule has 12 nitrogen and oxygen atoms in total. The van der Waals surface area contributed by atoms with Gasteiger partial charge in [0.1, 0.15) is 18.8 Å². The number of nitrogens with one attached hydrogen (secondary N) is 1. The van der Waals surface area contributed by atoms with Crippen LogP contribution in [0.2, 0.25) is 0 Å². The Bertz CT molecular complexity index is 1490. The minimum atomic E-state index is -1.22. The molecule has 2 amide bonds. The number of aliphatic carboxylic acids is 1. The minimum absolute atomic E-state index is 0.0295. The molecule has 2 aliphatic rings. The molecule has 190 valence electrons. The van der Waals surface area contributed by atoms with Gasteiger partial charge in [-0.25, -0.2) is 4.79 Å². The van der Waals surface area contributed by atoms with Gasteiger partial charge in [-0.3, -0.25) is 14.5 Å². The van der Waals surface area contributed by atoms with Crippen LogP contribution in [-0.4, -0.2) is 67.8 Å². The number of amides is 2. The third-order valence-electron chi connectivity index (χ3n) is 5.69. The number of pyridine rings is 1. The first-order valence-corrected chi connectivity index (χ1v) is 13.5. The molecule has 0 spiro atoms. The maximum absolute atomic E-state index is 13.0. The van der Waals surface area contributed by atoms with Gasteiger partial charge in [0.25, 0.3) is 16.6 Å². The number of anilines is 1. The van der Waals surface area contributed by atoms with Gasteiger partial charge in [-0.2, -0.15) is 13.9 Å². The molecular formula is C22H20N7O5S3+. The topological polar surface area (TPSA) is 164 Å². The number of thioether (sulfide) groups is 1. The van der Waals surface area contributed by atoms with Crippen molar-refractivity contribution in [3.8, 4) is 0 Å². The molecule has 5 heterocycles. The average Bonchev–Trinajstić information content (AvgIpc) is 3.54. The van der Waals surface area contributed by atoms with Crippen LogP contribution in [0, 0.1) is 0 Å². The molecule has 15 heteroatoms. The van der Waals surface area contributed by atoms with Crippen molar-refractivity contribution >= 4 is 73.5 Å². The Hall–Kier alpha value is -3.82. The van der Waals surface area contributed by atoms with Crippen molar-refractivity contribution < 1.29 is 28.9 Å². The number of thiophene rings is 1. The lowest BCUT2D eigenvalue weighted by Gasteiger charge is -2.49. The van der Waals surface area contributed by atoms with Crippen LogP contribution in [0.5, 0.6) is 0 Å². The summed E-state index contributed by atoms with van der Waals surface area (Å²) in [6.45, 7) is 0.543. The molecule has 4 N–H and O–H groups in total. The molecular weight excluding hydrogens is 538 g/mol. The standard InChI is InChI=1S/C22H19N7O5S3/c1-34-26-15(17-25-22(23)37-27-17)18(30)24-14-12-10-36-13(16(21(32)33)29(12)19(14)31)5-3-8-28-7-2-4-11-6-9-35-20(11)28/h2-7,9,12,14H,8,10H2,1H3,(H3-,23,24,25,27,30,32,33)/p+1/b5-3+,26-15?/t12-,14+/m1/s1. The fourth-order valence-electron chi connectivity index (χ4n) is 4.07. The zero-order chi connectivity index (χ0) is 26.1. The van der Waals surface area contributed by atoms with E-state index in [0.29, 0.717) is 17.2 Å². The lowest BCUT2D eigenvalue weighted by Crippen LogP contribution is -2.73. The Balaban J connectivity index is 1.32. The number of rotatable bonds is 8. The molecule has 3 aromatic rings. The average molecular weight is 559 g/mol. The largest absolute Gasteiger partial charge is 0.477 e. The molecule has 0 bridgehead atoms. The molecule has 0 radical (unpaired) electrons. The molecule has 2 aliphatic heterocycles. The smallest absolute Gasteiger partial charge is 0.353 e. The second kappa shape index (κ2) is 10.3. The zero-order valence-corrected chi connectivity index (χ0v) is 21.7. The summed E-state index contributed by atoms with van der Waals surface area (Å²) < 4.78 is 6.02. The maximum Gasteiger partial charge on any atom is 0.353 e. The highest BCUT2D eigenvalue weighted by Crippen LogP contribution is 2.39. The summed E-state index contributed by atoms with van der Waals surface area (Å²) in [5.74, 6) is -2.10. The van der Waals surface area contributed by atoms with Crippen molar-refractivity contribution in [1.82, 2.24) is 19.6 Å². The van der Waals surface area contributed by atoms with Crippen molar-refractivity contribution in [2.45, 2.75) is 18.6 Å². The molecule has 5 rings (SSSR count). The van der Waals surface area contributed by atoms with Gasteiger partial charge in [-0.15, -0.1) is 11.8 Å². The van der Waals surface area contributed by atoms with Crippen LogP contribution in [-0.2, 0) is 25.8 Å². The van der Waals surface area contributed by atoms with E-state index in [4.69, 9.17) is 10.6 Å². The highest BCUT2D eigenvalue weighted by Gasteiger charge is 2.54. The molecule has 0 aliphatic carbocycles. The number of carboxylic acid groups (broad SMARTS) is 1. The molecule has 3 aromatic heterocycles. The van der Waals surface area contributed by atoms with Gasteiger partial charge in [0.15, 0.2) is 17.9 Å². The number of aromatic nitrogens is 3. The third-order valence-corrected chi connectivity index (χ3v) is 8.35. The predicted octanol–water partition coefficient (Wildman–Crippen LogP) is 0.968. The van der Waals surface area contributed by atoms with E-state index >= 15 is 0 Å². The maximum atomic E-state index is 13.0. The molecule has 37 heavy (non-hydrogen) atoms. The molecule has 1 saturated heterocycles. The van der Waals surface area contributed by atoms with Gasteiger partial charge >= 0.3 is 5.97 Å². The summed E-state index contributed by atoms with van der Waals surface area (Å²) in [4.78, 5) is 49.4. The van der Waals surface area contributed by atoms with Crippen LogP contribution in [0.3, 0.4) is 0 Å². The summed E-state index contributed by atoms with van der Waals surface area (Å²) in [6, 6.07) is 4.58. The van der Waals surface area contributed by atoms with Crippen LogP contribution in [0.25, 0.3) is 10.2 Å². The summed E-state index contributed by atoms with van der Waals surface area (Å²) >= 11 is 3.83. The van der Waals surface area contributed by atoms with Gasteiger partial charge in [0.05, 0.1) is 11.4 Å². The Morgan fingerprint density at radius 2 is 2.27 bits per heavy atom. The van der Waals surface area contributed by atoms with Gasteiger partial charge in [-0.05, 0) is 29.7 Å². The van der Waals surface area contributed by atoms with Crippen LogP contribution < -0.4 is 15.6 Å². The first-order valence-electron chi connectivity index (χ1n) is 10.9. The Kier molecular flexibility index (Phi) is 6.90. The second-order valence-electron chi connectivity index (χ2n) is 7.88. The van der Waals surface area contributed by atoms with Gasteiger partial charge in [0, 0.05) is 28.3 Å². The summed E-state index contributed by atoms with van der Waals surface area (Å²) in [6.07, 6.45) is 5.56. The molecule has 1 fully saturated rings. The van der Waals surface area contributed by atoms with E-state index < -0.39 is 29.9 Å². The number of β-lactam (4-membered cyclic amide) rings is 1. The summed E-state index contributed by atoms with van der Waals surface area (Å²) in [5.41, 5.74) is 5.25. The van der Waals surface area contributed by atoms with E-state index in [9.17, 15) is 19.5 Å². The number of carboxylic acids is 1. The Labute approximate surface area is 222 Å². The number of nitrogens with two attached hydrogens (primary N) is 1. The highest BCUT2D eigenvalue weighted by molar-refractivity contribution is 8.03. The second-order valence-corrected chi connectivity index (χ2v) is 10.6. The SMILES string of the molecule is CON=C(C(=O)N[C@@H]1C(=O)N2C(C(=O)O)=C(/C=C/C[n+]3cccc4ccsc43)SC[C@H]12)c1nsc(N)n1. The molecule has 0 saturated carbocycles. The van der Waals surface area contributed by atoms with Gasteiger partial charge in [-0.1, -0.05) is 16.5 Å². The van der Waals surface area contributed by atoms with E-state index in [0.717, 1.165) is 21.7 Å². The number of nitrogens with zero attached hydrogens (tertiary/aromatic N) is 5. The van der Waals surface area contributed by atoms with Crippen LogP contribution in [0.4, 0.5) is 5.13 Å². The normalized spacial score (nSPS) is 19.8. The number of hydrogen-bond acceptors (Lipinski definition) is 11. The highest BCUT2D eigenvalue weighted by atomic mass is 32.2. The molecule has 2 atom stereocenters. The summed E-state index contributed by atoms with van der Waals surface area (Å²) in [5, 5.41) is 19.5. The number of nitrogen functional groups attached to an aromatic ring is 1. The third kappa shape index (κ3) is 4.68. The fraction of sp³-hybridized carbons (Fsp3) is 0.227. The Morgan fingerprint density at radius 3 is 3.00 bits per heavy atom. The fourth-order valence-corrected chi connectivity index (χ4v) is 6.60. The zero-order valence-electron chi connectivity index (χ0n) is 19.2. The van der Waals surface area contributed by atoms with Crippen molar-refractivity contribution in [2.75, 3.05) is 18.6 Å². The minimum Gasteiger partial charge on any atom is -0.477 e. The predicted molar refractivity (Wildman–Crippen MR) is 139 cm³/mol. The first-order chi connectivity index (χ1) is 17.9. The van der Waals surface area contributed by atoms with Crippen LogP contribution >= 0.6 is 34.6 Å². The molecule has 0 unspecified atom stereocenters. The lowest BCUT2D eigenvalue weighted by atomic mass is 9.94. The number of oxime groups is 1. The Morgan fingerprint density at radius 1 is 1.43 bits per heavy atom. The number of carbonyl (C=O) groups excluding carboxylic acids is 2. The van der Waals surface area contributed by atoms with Crippen LogP contribution in [0.1, 0.15) is 5.82 Å². The summed E-state index contributed by atoms with van der Waals surface area (Å²) in [7, 11) is 1.26. The van der Waals surface area contributed by atoms with Crippen molar-refractivity contribution in [3.63, 3.8) is 0 Å². The van der Waals surface area contributed by atoms with E-state index in [1.807, 2.05) is 35.9 Å². The number of fused-ring (bicyclic) bond motifs is 2. The van der Waals surface area contributed by atoms with Gasteiger partial charge < -0.3 is 21.0 Å². The van der Waals surface area contributed by atoms with Crippen molar-refractivity contribution in [2.24, 2.45) is 5.16 Å².